The van der Waals surface area contributed by atoms with Crippen molar-refractivity contribution in [2.45, 2.75) is 13.8 Å². The number of phenolic OH excluding ortho intramolecular Hbond substituents is 2. The molecule has 0 aliphatic rings. The quantitative estimate of drug-likeness (QED) is 0.118. The molecule has 0 atom stereocenters. The zero-order valence-electron chi connectivity index (χ0n) is 31.4. The predicted octanol–water partition coefficient (Wildman–Crippen LogP) is 7.42. The third kappa shape index (κ3) is 6.69. The third-order valence-electron chi connectivity index (χ3n) is 8.69. The van der Waals surface area contributed by atoms with Gasteiger partial charge in [0.2, 0.25) is 23.0 Å². The van der Waals surface area contributed by atoms with Gasteiger partial charge in [0.25, 0.3) is 0 Å². The number of methoxy groups -OCH3 is 8. The van der Waals surface area contributed by atoms with E-state index in [1.54, 1.807) is 62.4 Å². The number of ketones is 2. The number of hydrogen-bond acceptors (Lipinski definition) is 14. The van der Waals surface area contributed by atoms with Gasteiger partial charge in [0, 0.05) is 21.9 Å². The van der Waals surface area contributed by atoms with E-state index in [9.17, 15) is 19.8 Å². The number of rotatable bonds is 12. The van der Waals surface area contributed by atoms with E-state index in [0.29, 0.717) is 79.0 Å². The number of aromatic hydroxyl groups is 2. The molecule has 0 amide bonds. The second kappa shape index (κ2) is 15.9. The van der Waals surface area contributed by atoms with E-state index in [2.05, 4.69) is 0 Å². The Labute approximate surface area is 310 Å². The van der Waals surface area contributed by atoms with Crippen molar-refractivity contribution in [1.82, 2.24) is 0 Å². The number of aryl methyl sites for hydroxylation is 2. The molecule has 2 aromatic heterocycles. The number of furan rings is 2. The maximum absolute atomic E-state index is 13.2. The topological polar surface area (TPSA) is 175 Å². The Kier molecular flexibility index (Phi) is 11.3. The summed E-state index contributed by atoms with van der Waals surface area (Å²) in [6.45, 7) is 3.33. The molecule has 0 aliphatic carbocycles. The lowest BCUT2D eigenvalue weighted by Crippen LogP contribution is -2.05. The molecular formula is C40H40O14. The van der Waals surface area contributed by atoms with Crippen LogP contribution >= 0.6 is 0 Å². The fraction of sp³-hybridized carbons (Fsp3) is 0.250. The number of carbonyl (C=O) groups excluding carboxylic acids is 2. The maximum Gasteiger partial charge on any atom is 0.203 e. The minimum absolute atomic E-state index is 0.151. The van der Waals surface area contributed by atoms with Gasteiger partial charge < -0.3 is 56.9 Å². The zero-order chi connectivity index (χ0) is 39.4. The summed E-state index contributed by atoms with van der Waals surface area (Å²) in [6, 6.07) is 12.8. The Morgan fingerprint density at radius 3 is 1.02 bits per heavy atom. The van der Waals surface area contributed by atoms with E-state index in [1.807, 2.05) is 0 Å². The Morgan fingerprint density at radius 2 is 0.759 bits per heavy atom. The molecule has 0 aliphatic heterocycles. The van der Waals surface area contributed by atoms with Crippen LogP contribution in [0.5, 0.6) is 57.5 Å². The van der Waals surface area contributed by atoms with Crippen molar-refractivity contribution in [3.05, 3.63) is 82.3 Å². The Hall–Kier alpha value is -6.70. The molecule has 0 fully saturated rings. The van der Waals surface area contributed by atoms with Gasteiger partial charge in [-0.25, -0.2) is 0 Å². The van der Waals surface area contributed by atoms with Crippen LogP contribution in [0, 0.1) is 13.8 Å². The van der Waals surface area contributed by atoms with Crippen LogP contribution in [0.4, 0.5) is 0 Å². The monoisotopic (exact) mass is 744 g/mol. The number of hydrogen-bond donors (Lipinski definition) is 2. The summed E-state index contributed by atoms with van der Waals surface area (Å²) in [5, 5.41) is 21.6. The highest BCUT2D eigenvalue weighted by atomic mass is 16.5. The van der Waals surface area contributed by atoms with Crippen molar-refractivity contribution in [2.24, 2.45) is 0 Å². The predicted molar refractivity (Wildman–Crippen MR) is 197 cm³/mol. The van der Waals surface area contributed by atoms with Crippen LogP contribution in [-0.2, 0) is 0 Å². The van der Waals surface area contributed by atoms with Gasteiger partial charge in [-0.1, -0.05) is 0 Å². The Bertz CT molecular complexity index is 2150. The molecule has 0 saturated carbocycles. The first-order chi connectivity index (χ1) is 25.9. The summed E-state index contributed by atoms with van der Waals surface area (Å²) in [6.07, 6.45) is 0. The molecule has 14 nitrogen and oxygen atoms in total. The minimum Gasteiger partial charge on any atom is -0.502 e. The van der Waals surface area contributed by atoms with Crippen molar-refractivity contribution in [3.8, 4) is 57.5 Å². The Morgan fingerprint density at radius 1 is 0.463 bits per heavy atom. The van der Waals surface area contributed by atoms with E-state index in [-0.39, 0.29) is 45.7 Å². The molecule has 6 aromatic rings. The van der Waals surface area contributed by atoms with Crippen LogP contribution in [0.25, 0.3) is 21.9 Å². The fourth-order valence-electron chi connectivity index (χ4n) is 6.10. The molecule has 6 rings (SSSR count). The standard InChI is InChI=1S/2C20H20O7/c2*1-10-16(12-6-7-13(23-2)18(22)19(12)27-10)17(21)11-8-14(24-3)20(26-5)15(9-11)25-4/h2*6-9,22H,1-5H3. The Balaban J connectivity index is 0.000000208. The molecule has 2 heterocycles. The molecule has 0 bridgehead atoms. The first kappa shape index (κ1) is 38.5. The van der Waals surface area contributed by atoms with Gasteiger partial charge in [-0.15, -0.1) is 0 Å². The molecule has 14 heteroatoms. The van der Waals surface area contributed by atoms with E-state index in [1.165, 1.54) is 56.9 Å². The largest absolute Gasteiger partial charge is 0.502 e. The van der Waals surface area contributed by atoms with Gasteiger partial charge in [-0.2, -0.15) is 0 Å². The van der Waals surface area contributed by atoms with E-state index >= 15 is 0 Å². The lowest BCUT2D eigenvalue weighted by atomic mass is 9.99. The second-order valence-electron chi connectivity index (χ2n) is 11.5. The van der Waals surface area contributed by atoms with E-state index in [0.717, 1.165) is 0 Å². The molecule has 0 radical (unpaired) electrons. The number of phenols is 2. The molecule has 0 saturated heterocycles. The second-order valence-corrected chi connectivity index (χ2v) is 11.5. The van der Waals surface area contributed by atoms with Crippen molar-refractivity contribution in [1.29, 1.82) is 0 Å². The highest BCUT2D eigenvalue weighted by Gasteiger charge is 2.27. The van der Waals surface area contributed by atoms with Crippen LogP contribution in [-0.4, -0.2) is 78.7 Å². The van der Waals surface area contributed by atoms with Gasteiger partial charge in [0.05, 0.1) is 68.0 Å². The average molecular weight is 745 g/mol. The third-order valence-corrected chi connectivity index (χ3v) is 8.69. The summed E-state index contributed by atoms with van der Waals surface area (Å²) in [5.41, 5.74) is 1.76. The SMILES string of the molecule is COc1cc(C(=O)c2c(C)oc3c(O)c(OC)ccc23)cc(OC)c1OC.COc1cc(C(=O)c2c(C)oc3c(O)c(OC)ccc23)cc(OC)c1OC. The number of carbonyl (C=O) groups is 2. The molecular weight excluding hydrogens is 704 g/mol. The minimum atomic E-state index is -0.296. The molecule has 54 heavy (non-hydrogen) atoms. The van der Waals surface area contributed by atoms with Crippen LogP contribution < -0.4 is 37.9 Å². The van der Waals surface area contributed by atoms with Gasteiger partial charge >= 0.3 is 0 Å². The lowest BCUT2D eigenvalue weighted by Gasteiger charge is -2.13. The molecule has 4 aromatic carbocycles. The zero-order valence-corrected chi connectivity index (χ0v) is 31.4. The average Bonchev–Trinajstić information content (AvgIpc) is 3.72. The molecule has 284 valence electrons. The van der Waals surface area contributed by atoms with E-state index in [4.69, 9.17) is 46.7 Å². The highest BCUT2D eigenvalue weighted by Crippen LogP contribution is 2.44. The van der Waals surface area contributed by atoms with Gasteiger partial charge in [-0.05, 0) is 62.4 Å². The van der Waals surface area contributed by atoms with Crippen LogP contribution in [0.2, 0.25) is 0 Å². The van der Waals surface area contributed by atoms with Crippen molar-refractivity contribution < 1.29 is 66.5 Å². The van der Waals surface area contributed by atoms with Gasteiger partial charge in [-0.3, -0.25) is 9.59 Å². The van der Waals surface area contributed by atoms with Crippen LogP contribution in [0.15, 0.2) is 57.4 Å². The van der Waals surface area contributed by atoms with E-state index < -0.39 is 0 Å². The van der Waals surface area contributed by atoms with Crippen molar-refractivity contribution in [3.63, 3.8) is 0 Å². The van der Waals surface area contributed by atoms with Gasteiger partial charge in [0.15, 0.2) is 57.2 Å². The highest BCUT2D eigenvalue weighted by molar-refractivity contribution is 6.19. The maximum atomic E-state index is 13.2. The van der Waals surface area contributed by atoms with Crippen LogP contribution in [0.3, 0.4) is 0 Å². The fourth-order valence-corrected chi connectivity index (χ4v) is 6.10. The normalized spacial score (nSPS) is 10.7. The summed E-state index contributed by atoms with van der Waals surface area (Å²) in [5.74, 6) is 2.68. The molecule has 0 unspecified atom stereocenters. The first-order valence-corrected chi connectivity index (χ1v) is 16.2. The summed E-state index contributed by atoms with van der Waals surface area (Å²) < 4.78 is 53.3. The first-order valence-electron chi connectivity index (χ1n) is 16.2. The van der Waals surface area contributed by atoms with Gasteiger partial charge in [0.1, 0.15) is 11.5 Å². The lowest BCUT2D eigenvalue weighted by molar-refractivity contribution is 0.103. The number of ether oxygens (including phenoxy) is 8. The van der Waals surface area contributed by atoms with Crippen molar-refractivity contribution in [2.75, 3.05) is 56.9 Å². The smallest absolute Gasteiger partial charge is 0.203 e. The number of benzene rings is 4. The number of fused-ring (bicyclic) bond motifs is 2. The summed E-state index contributed by atoms with van der Waals surface area (Å²) in [7, 11) is 11.8. The van der Waals surface area contributed by atoms with Crippen LogP contribution in [0.1, 0.15) is 43.4 Å². The summed E-state index contributed by atoms with van der Waals surface area (Å²) >= 11 is 0. The van der Waals surface area contributed by atoms with Crippen molar-refractivity contribution >= 4 is 33.5 Å². The molecule has 0 spiro atoms. The molecule has 2 N–H and O–H groups in total. The summed E-state index contributed by atoms with van der Waals surface area (Å²) in [4.78, 5) is 26.4.